The smallest absolute Gasteiger partial charge is 0.263 e. The molecule has 0 fully saturated rings. The molecule has 0 saturated carbocycles. The molecule has 5 nitrogen and oxygen atoms in total. The maximum atomic E-state index is 13.9. The molecule has 0 aliphatic heterocycles. The van der Waals surface area contributed by atoms with E-state index in [0.29, 0.717) is 0 Å². The monoisotopic (exact) mass is 377 g/mol. The Morgan fingerprint density at radius 2 is 1.73 bits per heavy atom. The Kier molecular flexibility index (Phi) is 4.44. The highest BCUT2D eigenvalue weighted by molar-refractivity contribution is 7.92. The summed E-state index contributed by atoms with van der Waals surface area (Å²) in [6, 6.07) is 9.38. The summed E-state index contributed by atoms with van der Waals surface area (Å²) in [5, 5.41) is 8.70. The van der Waals surface area contributed by atoms with Crippen molar-refractivity contribution in [3.05, 3.63) is 71.7 Å². The van der Waals surface area contributed by atoms with Gasteiger partial charge in [-0.1, -0.05) is 0 Å². The normalized spacial score (nSPS) is 11.2. The third-order valence-electron chi connectivity index (χ3n) is 3.54. The fraction of sp³-hybridized carbons (Fsp3) is 0. The first-order valence-corrected chi connectivity index (χ1v) is 8.65. The van der Waals surface area contributed by atoms with Gasteiger partial charge in [0.15, 0.2) is 11.6 Å². The minimum atomic E-state index is -4.13. The van der Waals surface area contributed by atoms with Crippen LogP contribution in [-0.2, 0) is 10.0 Å². The minimum Gasteiger partial charge on any atom is -0.360 e. The molecule has 2 aromatic carbocycles. The minimum absolute atomic E-state index is 0.0488. The number of benzene rings is 2. The molecule has 0 bridgehead atoms. The molecule has 0 spiro atoms. The third-order valence-corrected chi connectivity index (χ3v) is 4.88. The summed E-state index contributed by atoms with van der Waals surface area (Å²) in [5.41, 5.74) is 0.215. The lowest BCUT2D eigenvalue weighted by Gasteiger charge is -2.07. The summed E-state index contributed by atoms with van der Waals surface area (Å²) >= 11 is 0. The summed E-state index contributed by atoms with van der Waals surface area (Å²) in [6.45, 7) is 0. The van der Waals surface area contributed by atoms with E-state index in [1.54, 1.807) is 6.07 Å². The molecule has 3 aromatic rings. The first kappa shape index (κ1) is 17.6. The average Bonchev–Trinajstić information content (AvgIpc) is 3.10. The van der Waals surface area contributed by atoms with Gasteiger partial charge >= 0.3 is 0 Å². The van der Waals surface area contributed by atoms with Crippen LogP contribution in [0.15, 0.2) is 53.6 Å². The number of nitrogens with one attached hydrogen (secondary N) is 2. The molecular formula is C17H10F3N3O2S. The quantitative estimate of drug-likeness (QED) is 0.726. The molecule has 0 atom stereocenters. The molecule has 2 N–H and O–H groups in total. The van der Waals surface area contributed by atoms with E-state index in [-0.39, 0.29) is 27.4 Å². The van der Waals surface area contributed by atoms with Crippen LogP contribution in [0.5, 0.6) is 0 Å². The van der Waals surface area contributed by atoms with Gasteiger partial charge in [-0.05, 0) is 42.5 Å². The summed E-state index contributed by atoms with van der Waals surface area (Å²) in [7, 11) is -4.13. The topological polar surface area (TPSA) is 85.8 Å². The maximum Gasteiger partial charge on any atom is 0.263 e. The number of hydrogen-bond acceptors (Lipinski definition) is 3. The lowest BCUT2D eigenvalue weighted by Crippen LogP contribution is -2.13. The van der Waals surface area contributed by atoms with Gasteiger partial charge in [-0.25, -0.2) is 21.6 Å². The van der Waals surface area contributed by atoms with Crippen LogP contribution in [0.2, 0.25) is 0 Å². The van der Waals surface area contributed by atoms with Gasteiger partial charge in [0.25, 0.3) is 10.0 Å². The van der Waals surface area contributed by atoms with Gasteiger partial charge in [0.1, 0.15) is 10.7 Å². The number of aromatic amines is 1. The fourth-order valence-corrected chi connectivity index (χ4v) is 3.29. The number of halogens is 3. The van der Waals surface area contributed by atoms with Crippen LogP contribution >= 0.6 is 0 Å². The van der Waals surface area contributed by atoms with E-state index in [1.807, 2.05) is 0 Å². The molecule has 0 unspecified atom stereocenters. The van der Waals surface area contributed by atoms with Gasteiger partial charge in [0.05, 0.1) is 17.3 Å². The summed E-state index contributed by atoms with van der Waals surface area (Å²) < 4.78 is 67.0. The second-order valence-corrected chi connectivity index (χ2v) is 6.97. The van der Waals surface area contributed by atoms with E-state index in [2.05, 4.69) is 9.71 Å². The molecule has 1 aromatic heterocycles. The Morgan fingerprint density at radius 3 is 2.38 bits per heavy atom. The third kappa shape index (κ3) is 3.41. The SMILES string of the molecule is N#Cc1ccc(NS(=O)(=O)c2c[nH]c(-c3ccc(F)c(F)c3)c2)c(F)c1. The van der Waals surface area contributed by atoms with Crippen LogP contribution in [0.4, 0.5) is 18.9 Å². The van der Waals surface area contributed by atoms with Crippen LogP contribution in [0, 0.1) is 28.8 Å². The highest BCUT2D eigenvalue weighted by Gasteiger charge is 2.19. The van der Waals surface area contributed by atoms with Gasteiger partial charge in [0.2, 0.25) is 0 Å². The summed E-state index contributed by atoms with van der Waals surface area (Å²) in [5.74, 6) is -2.99. The van der Waals surface area contributed by atoms with Gasteiger partial charge in [0, 0.05) is 17.5 Å². The molecular weight excluding hydrogens is 367 g/mol. The predicted octanol–water partition coefficient (Wildman–Crippen LogP) is 3.77. The van der Waals surface area contributed by atoms with Gasteiger partial charge in [-0.3, -0.25) is 4.72 Å². The Morgan fingerprint density at radius 1 is 0.962 bits per heavy atom. The Balaban J connectivity index is 1.90. The number of aromatic nitrogens is 1. The number of hydrogen-bond donors (Lipinski definition) is 2. The van der Waals surface area contributed by atoms with Crippen LogP contribution in [0.3, 0.4) is 0 Å². The van der Waals surface area contributed by atoms with E-state index in [1.165, 1.54) is 18.2 Å². The number of H-pyrrole nitrogens is 1. The van der Waals surface area contributed by atoms with Crippen molar-refractivity contribution in [3.8, 4) is 17.3 Å². The van der Waals surface area contributed by atoms with Crippen molar-refractivity contribution >= 4 is 15.7 Å². The van der Waals surface area contributed by atoms with E-state index < -0.39 is 27.5 Å². The maximum absolute atomic E-state index is 13.9. The molecule has 0 radical (unpaired) electrons. The molecule has 0 aliphatic carbocycles. The number of nitriles is 1. The molecule has 0 amide bonds. The number of nitrogens with zero attached hydrogens (tertiary/aromatic N) is 1. The van der Waals surface area contributed by atoms with Crippen molar-refractivity contribution in [1.82, 2.24) is 4.98 Å². The molecule has 132 valence electrons. The molecule has 0 saturated heterocycles. The zero-order chi connectivity index (χ0) is 18.9. The lowest BCUT2D eigenvalue weighted by molar-refractivity contribution is 0.509. The molecule has 3 rings (SSSR count). The summed E-state index contributed by atoms with van der Waals surface area (Å²) in [6.07, 6.45) is 1.14. The van der Waals surface area contributed by atoms with E-state index >= 15 is 0 Å². The van der Waals surface area contributed by atoms with E-state index in [9.17, 15) is 21.6 Å². The highest BCUT2D eigenvalue weighted by atomic mass is 32.2. The fourth-order valence-electron chi connectivity index (χ4n) is 2.23. The Labute approximate surface area is 146 Å². The van der Waals surface area contributed by atoms with Crippen LogP contribution < -0.4 is 4.72 Å². The second kappa shape index (κ2) is 6.57. The van der Waals surface area contributed by atoms with Crippen molar-refractivity contribution in [1.29, 1.82) is 5.26 Å². The number of anilines is 1. The molecule has 1 heterocycles. The average molecular weight is 377 g/mol. The zero-order valence-electron chi connectivity index (χ0n) is 12.9. The highest BCUT2D eigenvalue weighted by Crippen LogP contribution is 2.25. The van der Waals surface area contributed by atoms with Gasteiger partial charge in [-0.2, -0.15) is 5.26 Å². The van der Waals surface area contributed by atoms with Crippen LogP contribution in [0.25, 0.3) is 11.3 Å². The van der Waals surface area contributed by atoms with Crippen molar-refractivity contribution in [2.75, 3.05) is 4.72 Å². The number of rotatable bonds is 4. The van der Waals surface area contributed by atoms with Gasteiger partial charge < -0.3 is 4.98 Å². The lowest BCUT2D eigenvalue weighted by atomic mass is 10.1. The zero-order valence-corrected chi connectivity index (χ0v) is 13.7. The first-order chi connectivity index (χ1) is 12.3. The molecule has 26 heavy (non-hydrogen) atoms. The van der Waals surface area contributed by atoms with Crippen LogP contribution in [0.1, 0.15) is 5.56 Å². The molecule has 9 heteroatoms. The Bertz CT molecular complexity index is 1130. The second-order valence-electron chi connectivity index (χ2n) is 5.29. The Hall–Kier alpha value is -3.25. The largest absolute Gasteiger partial charge is 0.360 e. The van der Waals surface area contributed by atoms with Crippen molar-refractivity contribution in [2.24, 2.45) is 0 Å². The van der Waals surface area contributed by atoms with Crippen molar-refractivity contribution < 1.29 is 21.6 Å². The molecule has 0 aliphatic rings. The number of sulfonamides is 1. The van der Waals surface area contributed by atoms with Crippen LogP contribution in [-0.4, -0.2) is 13.4 Å². The first-order valence-electron chi connectivity index (χ1n) is 7.16. The summed E-state index contributed by atoms with van der Waals surface area (Å²) in [4.78, 5) is 2.43. The van der Waals surface area contributed by atoms with Gasteiger partial charge in [-0.15, -0.1) is 0 Å². The standard InChI is InChI=1S/C17H10F3N3O2S/c18-13-3-2-11(6-14(13)19)17-7-12(9-22-17)26(24,25)23-16-4-1-10(8-21)5-15(16)20/h1-7,9,22-23H. The van der Waals surface area contributed by atoms with Crippen molar-refractivity contribution in [3.63, 3.8) is 0 Å². The predicted molar refractivity (Wildman–Crippen MR) is 88.1 cm³/mol. The van der Waals surface area contributed by atoms with E-state index in [0.717, 1.165) is 30.5 Å². The van der Waals surface area contributed by atoms with E-state index in [4.69, 9.17) is 5.26 Å². The van der Waals surface area contributed by atoms with Crippen molar-refractivity contribution in [2.45, 2.75) is 4.90 Å².